The van der Waals surface area contributed by atoms with Crippen LogP contribution in [0.3, 0.4) is 0 Å². The van der Waals surface area contributed by atoms with Crippen LogP contribution < -0.4 is 10.5 Å². The number of nitrogens with zero attached hydrogens (tertiary/aromatic N) is 2. The molecule has 2 N–H and O–H groups in total. The van der Waals surface area contributed by atoms with Crippen LogP contribution in [0, 0.1) is 0 Å². The van der Waals surface area contributed by atoms with Crippen molar-refractivity contribution in [2.75, 3.05) is 6.61 Å². The van der Waals surface area contributed by atoms with Gasteiger partial charge in [-0.2, -0.15) is 0 Å². The largest absolute Gasteiger partial charge is 0.494 e. The number of ether oxygens (including phenoxy) is 1. The van der Waals surface area contributed by atoms with E-state index in [2.05, 4.69) is 27.8 Å². The first kappa shape index (κ1) is 13.2. The molecule has 1 aliphatic carbocycles. The zero-order valence-corrected chi connectivity index (χ0v) is 11.7. The summed E-state index contributed by atoms with van der Waals surface area (Å²) in [5, 5.41) is 0. The van der Waals surface area contributed by atoms with Crippen molar-refractivity contribution >= 4 is 0 Å². The summed E-state index contributed by atoms with van der Waals surface area (Å²) in [6.45, 7) is 1.65. The van der Waals surface area contributed by atoms with Gasteiger partial charge in [-0.05, 0) is 48.9 Å². The van der Waals surface area contributed by atoms with Crippen LogP contribution in [0.25, 0.3) is 0 Å². The third kappa shape index (κ3) is 3.02. The van der Waals surface area contributed by atoms with E-state index in [-0.39, 0.29) is 6.04 Å². The van der Waals surface area contributed by atoms with E-state index >= 15 is 0 Å². The van der Waals surface area contributed by atoms with Crippen LogP contribution in [0.2, 0.25) is 0 Å². The third-order valence-corrected chi connectivity index (χ3v) is 3.87. The maximum atomic E-state index is 6.17. The molecule has 0 amide bonds. The summed E-state index contributed by atoms with van der Waals surface area (Å²) in [5.74, 6) is 0.937. The predicted molar refractivity (Wildman–Crippen MR) is 78.6 cm³/mol. The highest BCUT2D eigenvalue weighted by Gasteiger charge is 2.17. The van der Waals surface area contributed by atoms with Crippen LogP contribution in [0.1, 0.15) is 36.4 Å². The fraction of sp³-hybridized carbons (Fsp3) is 0.438. The molecule has 0 unspecified atom stereocenters. The van der Waals surface area contributed by atoms with Gasteiger partial charge in [0.15, 0.2) is 0 Å². The van der Waals surface area contributed by atoms with Crippen molar-refractivity contribution in [2.24, 2.45) is 5.73 Å². The van der Waals surface area contributed by atoms with E-state index in [9.17, 15) is 0 Å². The molecule has 1 atom stereocenters. The minimum atomic E-state index is 0.174. The number of aryl methyl sites for hydroxylation is 2. The lowest BCUT2D eigenvalue weighted by Crippen LogP contribution is -2.17. The number of benzene rings is 1. The molecule has 2 aromatic rings. The minimum Gasteiger partial charge on any atom is -0.494 e. The monoisotopic (exact) mass is 271 g/mol. The lowest BCUT2D eigenvalue weighted by Gasteiger charge is -2.22. The molecule has 0 bridgehead atoms. The summed E-state index contributed by atoms with van der Waals surface area (Å²) in [4.78, 5) is 4.02. The molecule has 4 heteroatoms. The molecule has 0 saturated heterocycles. The Hall–Kier alpha value is -1.81. The normalized spacial score (nSPS) is 17.8. The predicted octanol–water partition coefficient (Wildman–Crippen LogP) is 2.69. The standard InChI is InChI=1S/C16H21N3O/c17-16-4-1-3-13-5-6-14(11-15(13)16)20-10-2-8-19-9-7-18-12-19/h5-7,9,11-12,16H,1-4,8,10,17H2/t16-/m1/s1. The Morgan fingerprint density at radius 3 is 3.20 bits per heavy atom. The second-order valence-corrected chi connectivity index (χ2v) is 5.36. The van der Waals surface area contributed by atoms with E-state index in [0.29, 0.717) is 6.61 Å². The van der Waals surface area contributed by atoms with E-state index in [1.54, 1.807) is 6.20 Å². The van der Waals surface area contributed by atoms with Crippen LogP contribution >= 0.6 is 0 Å². The molecule has 20 heavy (non-hydrogen) atoms. The molecule has 0 spiro atoms. The SMILES string of the molecule is N[C@@H]1CCCc2ccc(OCCCn3ccnc3)cc21. The second-order valence-electron chi connectivity index (χ2n) is 5.36. The van der Waals surface area contributed by atoms with Gasteiger partial charge in [-0.1, -0.05) is 6.07 Å². The van der Waals surface area contributed by atoms with Gasteiger partial charge in [0.2, 0.25) is 0 Å². The van der Waals surface area contributed by atoms with Gasteiger partial charge < -0.3 is 15.0 Å². The van der Waals surface area contributed by atoms with Crippen molar-refractivity contribution in [1.82, 2.24) is 9.55 Å². The molecule has 106 valence electrons. The van der Waals surface area contributed by atoms with Gasteiger partial charge in [0.05, 0.1) is 12.9 Å². The number of nitrogens with two attached hydrogens (primary N) is 1. The van der Waals surface area contributed by atoms with E-state index in [0.717, 1.165) is 31.6 Å². The van der Waals surface area contributed by atoms with E-state index in [4.69, 9.17) is 10.5 Å². The smallest absolute Gasteiger partial charge is 0.119 e. The van der Waals surface area contributed by atoms with Crippen molar-refractivity contribution in [3.05, 3.63) is 48.0 Å². The van der Waals surface area contributed by atoms with E-state index in [1.165, 1.54) is 17.5 Å². The van der Waals surface area contributed by atoms with Crippen LogP contribution in [0.15, 0.2) is 36.9 Å². The minimum absolute atomic E-state index is 0.174. The third-order valence-electron chi connectivity index (χ3n) is 3.87. The average molecular weight is 271 g/mol. The summed E-state index contributed by atoms with van der Waals surface area (Å²) in [6, 6.07) is 6.53. The van der Waals surface area contributed by atoms with Crippen molar-refractivity contribution in [2.45, 2.75) is 38.3 Å². The summed E-state index contributed by atoms with van der Waals surface area (Å²) >= 11 is 0. The Balaban J connectivity index is 1.54. The van der Waals surface area contributed by atoms with Gasteiger partial charge in [0.1, 0.15) is 5.75 Å². The summed E-state index contributed by atoms with van der Waals surface area (Å²) in [5.41, 5.74) is 8.82. The van der Waals surface area contributed by atoms with Crippen molar-refractivity contribution in [1.29, 1.82) is 0 Å². The number of hydrogen-bond acceptors (Lipinski definition) is 3. The van der Waals surface area contributed by atoms with Crippen molar-refractivity contribution < 1.29 is 4.74 Å². The Bertz CT molecular complexity index is 551. The topological polar surface area (TPSA) is 53.1 Å². The van der Waals surface area contributed by atoms with Gasteiger partial charge in [0.25, 0.3) is 0 Å². The molecule has 4 nitrogen and oxygen atoms in total. The number of rotatable bonds is 5. The zero-order valence-electron chi connectivity index (χ0n) is 11.7. The van der Waals surface area contributed by atoms with Crippen molar-refractivity contribution in [3.63, 3.8) is 0 Å². The molecule has 1 aromatic carbocycles. The summed E-state index contributed by atoms with van der Waals surface area (Å²) in [6.07, 6.45) is 9.99. The first-order chi connectivity index (χ1) is 9.83. The highest BCUT2D eigenvalue weighted by atomic mass is 16.5. The molecular formula is C16H21N3O. The number of fused-ring (bicyclic) bond motifs is 1. The quantitative estimate of drug-likeness (QED) is 0.851. The molecule has 0 aliphatic heterocycles. The van der Waals surface area contributed by atoms with Gasteiger partial charge >= 0.3 is 0 Å². The van der Waals surface area contributed by atoms with Gasteiger partial charge in [-0.15, -0.1) is 0 Å². The fourth-order valence-corrected chi connectivity index (χ4v) is 2.76. The molecule has 0 radical (unpaired) electrons. The average Bonchev–Trinajstić information content (AvgIpc) is 2.98. The number of hydrogen-bond donors (Lipinski definition) is 1. The molecule has 1 heterocycles. The van der Waals surface area contributed by atoms with Crippen LogP contribution in [-0.2, 0) is 13.0 Å². The fourth-order valence-electron chi connectivity index (χ4n) is 2.76. The number of aromatic nitrogens is 2. The highest BCUT2D eigenvalue weighted by Crippen LogP contribution is 2.30. The van der Waals surface area contributed by atoms with Gasteiger partial charge in [-0.3, -0.25) is 0 Å². The van der Waals surface area contributed by atoms with Crippen LogP contribution in [-0.4, -0.2) is 16.2 Å². The Labute approximate surface area is 119 Å². The molecule has 3 rings (SSSR count). The summed E-state index contributed by atoms with van der Waals surface area (Å²) in [7, 11) is 0. The summed E-state index contributed by atoms with van der Waals surface area (Å²) < 4.78 is 7.89. The van der Waals surface area contributed by atoms with Crippen molar-refractivity contribution in [3.8, 4) is 5.75 Å². The zero-order chi connectivity index (χ0) is 13.8. The maximum Gasteiger partial charge on any atom is 0.119 e. The lowest BCUT2D eigenvalue weighted by atomic mass is 9.88. The number of imidazole rings is 1. The second kappa shape index (κ2) is 6.09. The van der Waals surface area contributed by atoms with Gasteiger partial charge in [0, 0.05) is 25.0 Å². The van der Waals surface area contributed by atoms with E-state index < -0.39 is 0 Å². The van der Waals surface area contributed by atoms with Crippen LogP contribution in [0.5, 0.6) is 5.75 Å². The Morgan fingerprint density at radius 1 is 1.40 bits per heavy atom. The Kier molecular flexibility index (Phi) is 4.02. The first-order valence-electron chi connectivity index (χ1n) is 7.30. The van der Waals surface area contributed by atoms with E-state index in [1.807, 2.05) is 12.5 Å². The maximum absolute atomic E-state index is 6.17. The molecule has 0 saturated carbocycles. The molecule has 1 aromatic heterocycles. The molecular weight excluding hydrogens is 250 g/mol. The van der Waals surface area contributed by atoms with Crippen LogP contribution in [0.4, 0.5) is 0 Å². The molecule has 0 fully saturated rings. The Morgan fingerprint density at radius 2 is 2.35 bits per heavy atom. The first-order valence-corrected chi connectivity index (χ1v) is 7.30. The van der Waals surface area contributed by atoms with Gasteiger partial charge in [-0.25, -0.2) is 4.98 Å². The lowest BCUT2D eigenvalue weighted by molar-refractivity contribution is 0.301. The molecule has 1 aliphatic rings. The highest BCUT2D eigenvalue weighted by molar-refractivity contribution is 5.39.